The molecule has 0 aliphatic carbocycles. The highest BCUT2D eigenvalue weighted by molar-refractivity contribution is 6.28. The molecule has 3 heterocycles. The first-order valence-corrected chi connectivity index (χ1v) is 5.85. The van der Waals surface area contributed by atoms with Crippen LogP contribution in [0.25, 0.3) is 17.0 Å². The zero-order valence-corrected chi connectivity index (χ0v) is 10.9. The molecule has 3 aromatic rings. The van der Waals surface area contributed by atoms with Gasteiger partial charge in [-0.15, -0.1) is 0 Å². The van der Waals surface area contributed by atoms with E-state index in [1.54, 1.807) is 11.0 Å². The first-order chi connectivity index (χ1) is 8.58. The predicted octanol–water partition coefficient (Wildman–Crippen LogP) is 2.12. The summed E-state index contributed by atoms with van der Waals surface area (Å²) in [5.41, 5.74) is 4.39. The largest absolute Gasteiger partial charge is 0.340 e. The number of hydrogen-bond acceptors (Lipinski definition) is 4. The van der Waals surface area contributed by atoms with Crippen molar-refractivity contribution in [2.24, 2.45) is 0 Å². The van der Waals surface area contributed by atoms with E-state index in [9.17, 15) is 0 Å². The highest BCUT2D eigenvalue weighted by Gasteiger charge is 2.15. The molecule has 0 bridgehead atoms. The monoisotopic (exact) mass is 262 g/mol. The van der Waals surface area contributed by atoms with Gasteiger partial charge in [-0.25, -0.2) is 9.67 Å². The summed E-state index contributed by atoms with van der Waals surface area (Å²) in [4.78, 5) is 15.4. The van der Waals surface area contributed by atoms with E-state index in [0.717, 1.165) is 22.5 Å². The molecular formula is C11H11ClN6. The number of fused-ring (bicyclic) bond motifs is 1. The molecule has 3 aromatic heterocycles. The third-order valence-corrected chi connectivity index (χ3v) is 3.26. The molecule has 0 aromatic carbocycles. The van der Waals surface area contributed by atoms with Crippen molar-refractivity contribution in [3.63, 3.8) is 0 Å². The normalized spacial score (nSPS) is 11.3. The lowest BCUT2D eigenvalue weighted by Crippen LogP contribution is -2.04. The van der Waals surface area contributed by atoms with Gasteiger partial charge in [-0.05, 0) is 37.9 Å². The fraction of sp³-hybridized carbons (Fsp3) is 0.273. The quantitative estimate of drug-likeness (QED) is 0.682. The molecule has 18 heavy (non-hydrogen) atoms. The Morgan fingerprint density at radius 1 is 1.22 bits per heavy atom. The standard InChI is InChI=1S/C11H11ClN6/c1-5-6(2)17-18(7(5)3)10-8-9(14-4-13-8)15-11(12)16-10/h4H,1-3H3,(H,13,14,15,16). The van der Waals surface area contributed by atoms with Crippen molar-refractivity contribution in [3.05, 3.63) is 28.6 Å². The number of nitrogens with zero attached hydrogens (tertiary/aromatic N) is 5. The lowest BCUT2D eigenvalue weighted by Gasteiger charge is -2.04. The molecule has 0 spiro atoms. The third-order valence-electron chi connectivity index (χ3n) is 3.09. The molecule has 3 rings (SSSR count). The molecule has 0 radical (unpaired) electrons. The fourth-order valence-corrected chi connectivity index (χ4v) is 2.03. The Morgan fingerprint density at radius 2 is 2.00 bits per heavy atom. The van der Waals surface area contributed by atoms with Crippen LogP contribution in [-0.4, -0.2) is 29.7 Å². The molecule has 1 N–H and O–H groups in total. The smallest absolute Gasteiger partial charge is 0.226 e. The van der Waals surface area contributed by atoms with E-state index < -0.39 is 0 Å². The zero-order chi connectivity index (χ0) is 12.9. The molecule has 0 saturated heterocycles. The second-order valence-electron chi connectivity index (χ2n) is 4.13. The number of hydrogen-bond donors (Lipinski definition) is 1. The summed E-state index contributed by atoms with van der Waals surface area (Å²) >= 11 is 5.91. The number of halogens is 1. The van der Waals surface area contributed by atoms with Crippen molar-refractivity contribution in [1.82, 2.24) is 29.7 Å². The Hall–Kier alpha value is -1.95. The van der Waals surface area contributed by atoms with Gasteiger partial charge in [0.25, 0.3) is 0 Å². The van der Waals surface area contributed by atoms with Crippen LogP contribution in [0.2, 0.25) is 5.28 Å². The Labute approximate surface area is 108 Å². The Morgan fingerprint density at radius 3 is 2.67 bits per heavy atom. The predicted molar refractivity (Wildman–Crippen MR) is 68.0 cm³/mol. The first-order valence-electron chi connectivity index (χ1n) is 5.47. The van der Waals surface area contributed by atoms with E-state index in [2.05, 4.69) is 25.0 Å². The van der Waals surface area contributed by atoms with Crippen molar-refractivity contribution < 1.29 is 0 Å². The van der Waals surface area contributed by atoms with Crippen LogP contribution >= 0.6 is 11.6 Å². The van der Waals surface area contributed by atoms with Crippen LogP contribution in [-0.2, 0) is 0 Å². The van der Waals surface area contributed by atoms with E-state index in [1.165, 1.54) is 0 Å². The van der Waals surface area contributed by atoms with Gasteiger partial charge in [0, 0.05) is 5.69 Å². The first kappa shape index (κ1) is 11.2. The van der Waals surface area contributed by atoms with Crippen LogP contribution in [0.1, 0.15) is 17.0 Å². The maximum Gasteiger partial charge on any atom is 0.226 e. The summed E-state index contributed by atoms with van der Waals surface area (Å²) in [6.07, 6.45) is 1.57. The average molecular weight is 263 g/mol. The molecule has 92 valence electrons. The van der Waals surface area contributed by atoms with Gasteiger partial charge in [-0.1, -0.05) is 0 Å². The Balaban J connectivity index is 2.37. The summed E-state index contributed by atoms with van der Waals surface area (Å²) in [7, 11) is 0. The van der Waals surface area contributed by atoms with Gasteiger partial charge in [0.2, 0.25) is 5.28 Å². The van der Waals surface area contributed by atoms with Gasteiger partial charge in [0.05, 0.1) is 12.0 Å². The van der Waals surface area contributed by atoms with E-state index in [1.807, 2.05) is 20.8 Å². The summed E-state index contributed by atoms with van der Waals surface area (Å²) in [5, 5.41) is 4.63. The molecule has 0 aliphatic rings. The molecule has 0 aliphatic heterocycles. The minimum absolute atomic E-state index is 0.162. The van der Waals surface area contributed by atoms with Crippen LogP contribution in [0, 0.1) is 20.8 Å². The van der Waals surface area contributed by atoms with E-state index in [0.29, 0.717) is 11.5 Å². The van der Waals surface area contributed by atoms with Crippen molar-refractivity contribution in [2.75, 3.05) is 0 Å². The highest BCUT2D eigenvalue weighted by atomic mass is 35.5. The fourth-order valence-electron chi connectivity index (χ4n) is 1.87. The number of imidazole rings is 1. The summed E-state index contributed by atoms with van der Waals surface area (Å²) in [5.74, 6) is 0.621. The molecule has 0 unspecified atom stereocenters. The molecule has 7 heteroatoms. The van der Waals surface area contributed by atoms with Crippen molar-refractivity contribution in [1.29, 1.82) is 0 Å². The maximum atomic E-state index is 5.91. The van der Waals surface area contributed by atoms with E-state index in [-0.39, 0.29) is 5.28 Å². The average Bonchev–Trinajstić information content (AvgIpc) is 2.88. The summed E-state index contributed by atoms with van der Waals surface area (Å²) < 4.78 is 1.76. The maximum absolute atomic E-state index is 5.91. The molecule has 0 saturated carbocycles. The number of rotatable bonds is 1. The van der Waals surface area contributed by atoms with Crippen LogP contribution in [0.4, 0.5) is 0 Å². The third kappa shape index (κ3) is 1.49. The molecular weight excluding hydrogens is 252 g/mol. The van der Waals surface area contributed by atoms with Gasteiger partial charge < -0.3 is 4.98 Å². The van der Waals surface area contributed by atoms with Gasteiger partial charge >= 0.3 is 0 Å². The Kier molecular flexibility index (Phi) is 2.34. The molecule has 0 amide bonds. The lowest BCUT2D eigenvalue weighted by molar-refractivity contribution is 0.808. The van der Waals surface area contributed by atoms with Crippen LogP contribution < -0.4 is 0 Å². The lowest BCUT2D eigenvalue weighted by atomic mass is 10.2. The Bertz CT molecular complexity index is 741. The zero-order valence-electron chi connectivity index (χ0n) is 10.2. The second kappa shape index (κ2) is 3.78. The van der Waals surface area contributed by atoms with E-state index in [4.69, 9.17) is 11.6 Å². The van der Waals surface area contributed by atoms with Gasteiger partial charge in [0.1, 0.15) is 5.52 Å². The van der Waals surface area contributed by atoms with Gasteiger partial charge in [0.15, 0.2) is 11.5 Å². The van der Waals surface area contributed by atoms with Gasteiger partial charge in [-0.3, -0.25) is 0 Å². The van der Waals surface area contributed by atoms with Crippen LogP contribution in [0.3, 0.4) is 0 Å². The summed E-state index contributed by atoms with van der Waals surface area (Å²) in [6.45, 7) is 5.99. The highest BCUT2D eigenvalue weighted by Crippen LogP contribution is 2.21. The van der Waals surface area contributed by atoms with Crippen LogP contribution in [0.5, 0.6) is 0 Å². The molecule has 0 atom stereocenters. The molecule has 6 nitrogen and oxygen atoms in total. The van der Waals surface area contributed by atoms with Gasteiger partial charge in [-0.2, -0.15) is 15.1 Å². The molecule has 0 fully saturated rings. The number of aromatic nitrogens is 6. The topological polar surface area (TPSA) is 72.3 Å². The number of H-pyrrole nitrogens is 1. The van der Waals surface area contributed by atoms with Crippen LogP contribution in [0.15, 0.2) is 6.33 Å². The minimum atomic E-state index is 0.162. The van der Waals surface area contributed by atoms with Crippen molar-refractivity contribution in [2.45, 2.75) is 20.8 Å². The van der Waals surface area contributed by atoms with E-state index >= 15 is 0 Å². The second-order valence-corrected chi connectivity index (χ2v) is 4.46. The number of aromatic amines is 1. The number of aryl methyl sites for hydroxylation is 1. The SMILES string of the molecule is Cc1nn(-c2nc(Cl)nc3nc[nH]c23)c(C)c1C. The summed E-state index contributed by atoms with van der Waals surface area (Å²) in [6, 6.07) is 0. The number of nitrogens with one attached hydrogen (secondary N) is 1. The van der Waals surface area contributed by atoms with Crippen molar-refractivity contribution in [3.8, 4) is 5.82 Å². The minimum Gasteiger partial charge on any atom is -0.340 e. The van der Waals surface area contributed by atoms with Crippen molar-refractivity contribution >= 4 is 22.8 Å².